The van der Waals surface area contributed by atoms with Gasteiger partial charge in [0.05, 0.1) is 7.11 Å². The molecule has 0 aliphatic carbocycles. The molecule has 27 heavy (non-hydrogen) atoms. The molecule has 0 fully saturated rings. The van der Waals surface area contributed by atoms with Gasteiger partial charge in [0.1, 0.15) is 5.69 Å². The number of aryl methyl sites for hydroxylation is 1. The Bertz CT molecular complexity index is 968. The van der Waals surface area contributed by atoms with Crippen LogP contribution in [-0.2, 0) is 10.5 Å². The fourth-order valence-corrected chi connectivity index (χ4v) is 3.54. The molecule has 1 aromatic heterocycles. The van der Waals surface area contributed by atoms with E-state index in [1.54, 1.807) is 17.8 Å². The molecule has 0 aliphatic rings. The number of esters is 1. The normalized spacial score (nSPS) is 10.4. The van der Waals surface area contributed by atoms with E-state index in [0.29, 0.717) is 11.3 Å². The number of nitrogens with zero attached hydrogens (tertiary/aromatic N) is 1. The Kier molecular flexibility index (Phi) is 5.93. The number of methoxy groups -OCH3 is 1. The first-order valence-electron chi connectivity index (χ1n) is 8.29. The van der Waals surface area contributed by atoms with Crippen LogP contribution in [0.15, 0.2) is 59.5 Å². The molecule has 0 saturated carbocycles. The third kappa shape index (κ3) is 4.77. The van der Waals surface area contributed by atoms with E-state index in [4.69, 9.17) is 0 Å². The van der Waals surface area contributed by atoms with Crippen LogP contribution in [0.2, 0.25) is 0 Å². The number of rotatable bonds is 6. The van der Waals surface area contributed by atoms with Crippen molar-refractivity contribution in [2.75, 3.05) is 12.4 Å². The lowest BCUT2D eigenvalue weighted by Crippen LogP contribution is -2.14. The first-order valence-corrected chi connectivity index (χ1v) is 9.28. The number of nitrogens with one attached hydrogen (secondary N) is 2. The van der Waals surface area contributed by atoms with Crippen LogP contribution in [0.3, 0.4) is 0 Å². The molecule has 0 saturated heterocycles. The average molecular weight is 381 g/mol. The van der Waals surface area contributed by atoms with E-state index in [1.165, 1.54) is 18.7 Å². The number of hydrogen-bond donors (Lipinski definition) is 2. The molecule has 138 valence electrons. The molecule has 6 nitrogen and oxygen atoms in total. The molecule has 7 heteroatoms. The summed E-state index contributed by atoms with van der Waals surface area (Å²) in [7, 11) is 1.28. The number of carbonyl (C=O) groups is 2. The molecule has 0 bridgehead atoms. The summed E-state index contributed by atoms with van der Waals surface area (Å²) in [6.07, 6.45) is 0. The molecular weight excluding hydrogens is 362 g/mol. The first-order chi connectivity index (χ1) is 13.1. The van der Waals surface area contributed by atoms with Crippen LogP contribution < -0.4 is 5.32 Å². The second-order valence-electron chi connectivity index (χ2n) is 5.87. The van der Waals surface area contributed by atoms with Crippen LogP contribution in [0, 0.1) is 6.92 Å². The zero-order chi connectivity index (χ0) is 19.2. The van der Waals surface area contributed by atoms with Crippen molar-refractivity contribution in [1.29, 1.82) is 0 Å². The summed E-state index contributed by atoms with van der Waals surface area (Å²) in [4.78, 5) is 25.3. The van der Waals surface area contributed by atoms with E-state index in [0.717, 1.165) is 10.5 Å². The maximum Gasteiger partial charge on any atom is 0.356 e. The van der Waals surface area contributed by atoms with E-state index in [1.807, 2.05) is 24.3 Å². The number of anilines is 1. The summed E-state index contributed by atoms with van der Waals surface area (Å²) >= 11 is 1.67. The summed E-state index contributed by atoms with van der Waals surface area (Å²) in [6, 6.07) is 17.1. The molecule has 2 N–H and O–H groups in total. The fourth-order valence-electron chi connectivity index (χ4n) is 2.52. The molecule has 3 aromatic rings. The number of aromatic nitrogens is 2. The summed E-state index contributed by atoms with van der Waals surface area (Å²) < 4.78 is 4.62. The highest BCUT2D eigenvalue weighted by Crippen LogP contribution is 2.25. The number of ether oxygens (including phenoxy) is 1. The van der Waals surface area contributed by atoms with E-state index in [9.17, 15) is 9.59 Å². The van der Waals surface area contributed by atoms with E-state index >= 15 is 0 Å². The van der Waals surface area contributed by atoms with Gasteiger partial charge >= 0.3 is 5.97 Å². The Morgan fingerprint density at radius 3 is 2.74 bits per heavy atom. The molecule has 1 amide bonds. The lowest BCUT2D eigenvalue weighted by atomic mass is 10.1. The lowest BCUT2D eigenvalue weighted by molar-refractivity contribution is 0.0594. The lowest BCUT2D eigenvalue weighted by Gasteiger charge is -2.09. The van der Waals surface area contributed by atoms with E-state index < -0.39 is 5.97 Å². The monoisotopic (exact) mass is 381 g/mol. The second-order valence-corrected chi connectivity index (χ2v) is 6.92. The summed E-state index contributed by atoms with van der Waals surface area (Å²) in [5.41, 5.74) is 2.87. The minimum absolute atomic E-state index is 0.177. The van der Waals surface area contributed by atoms with Gasteiger partial charge in [-0.05, 0) is 30.7 Å². The standard InChI is InChI=1S/C20H19N3O3S/c1-13-6-5-8-15(10-13)27-12-14-7-3-4-9-16(14)19(24)21-18-11-17(22-23-18)20(25)26-2/h3-11H,12H2,1-2H3,(H2,21,22,23,24). The quantitative estimate of drug-likeness (QED) is 0.497. The number of carbonyl (C=O) groups excluding carboxylic acids is 2. The average Bonchev–Trinajstić information content (AvgIpc) is 3.14. The topological polar surface area (TPSA) is 84.1 Å². The SMILES string of the molecule is COC(=O)c1cc(NC(=O)c2ccccc2CSc2cccc(C)c2)n[nH]1. The van der Waals surface area contributed by atoms with Gasteiger partial charge in [0.15, 0.2) is 5.82 Å². The molecule has 3 rings (SSSR count). The van der Waals surface area contributed by atoms with Gasteiger partial charge < -0.3 is 10.1 Å². The highest BCUT2D eigenvalue weighted by Gasteiger charge is 2.15. The molecule has 0 aliphatic heterocycles. The second kappa shape index (κ2) is 8.55. The number of H-pyrrole nitrogens is 1. The maximum atomic E-state index is 12.7. The van der Waals surface area contributed by atoms with Crippen molar-refractivity contribution in [3.05, 3.63) is 77.0 Å². The van der Waals surface area contributed by atoms with Gasteiger partial charge in [-0.2, -0.15) is 5.10 Å². The Morgan fingerprint density at radius 1 is 1.15 bits per heavy atom. The summed E-state index contributed by atoms with van der Waals surface area (Å²) in [5.74, 6) is 0.110. The van der Waals surface area contributed by atoms with Gasteiger partial charge in [0.2, 0.25) is 0 Å². The Balaban J connectivity index is 1.71. The number of thioether (sulfide) groups is 1. The summed E-state index contributed by atoms with van der Waals surface area (Å²) in [5, 5.41) is 9.16. The smallest absolute Gasteiger partial charge is 0.356 e. The number of amides is 1. The van der Waals surface area contributed by atoms with Crippen LogP contribution in [0.5, 0.6) is 0 Å². The third-order valence-corrected chi connectivity index (χ3v) is 4.91. The van der Waals surface area contributed by atoms with Gasteiger partial charge in [-0.3, -0.25) is 9.89 Å². The van der Waals surface area contributed by atoms with Gasteiger partial charge in [-0.25, -0.2) is 4.79 Å². The predicted octanol–water partition coefficient (Wildman–Crippen LogP) is 4.05. The highest BCUT2D eigenvalue weighted by molar-refractivity contribution is 7.98. The number of aromatic amines is 1. The van der Waals surface area contributed by atoms with Gasteiger partial charge in [-0.15, -0.1) is 11.8 Å². The highest BCUT2D eigenvalue weighted by atomic mass is 32.2. The number of benzene rings is 2. The van der Waals surface area contributed by atoms with Crippen LogP contribution in [0.25, 0.3) is 0 Å². The Labute approximate surface area is 161 Å². The van der Waals surface area contributed by atoms with Crippen LogP contribution in [0.4, 0.5) is 5.82 Å². The molecule has 2 aromatic carbocycles. The molecule has 1 heterocycles. The fraction of sp³-hybridized carbons (Fsp3) is 0.150. The van der Waals surface area contributed by atoms with Crippen molar-refractivity contribution in [3.8, 4) is 0 Å². The Morgan fingerprint density at radius 2 is 1.96 bits per heavy atom. The molecule has 0 spiro atoms. The van der Waals surface area contributed by atoms with Crippen LogP contribution in [-0.4, -0.2) is 29.2 Å². The molecule has 0 unspecified atom stereocenters. The maximum absolute atomic E-state index is 12.7. The van der Waals surface area contributed by atoms with Crippen molar-refractivity contribution >= 4 is 29.5 Å². The van der Waals surface area contributed by atoms with Gasteiger partial charge in [0, 0.05) is 22.3 Å². The van der Waals surface area contributed by atoms with Crippen molar-refractivity contribution < 1.29 is 14.3 Å². The molecular formula is C20H19N3O3S. The number of hydrogen-bond acceptors (Lipinski definition) is 5. The molecule has 0 atom stereocenters. The van der Waals surface area contributed by atoms with Crippen molar-refractivity contribution in [2.24, 2.45) is 0 Å². The van der Waals surface area contributed by atoms with Gasteiger partial charge in [-0.1, -0.05) is 35.9 Å². The zero-order valence-corrected chi connectivity index (χ0v) is 15.8. The summed E-state index contributed by atoms with van der Waals surface area (Å²) in [6.45, 7) is 2.05. The largest absolute Gasteiger partial charge is 0.464 e. The van der Waals surface area contributed by atoms with Gasteiger partial charge in [0.25, 0.3) is 5.91 Å². The first kappa shape index (κ1) is 18.7. The van der Waals surface area contributed by atoms with Crippen LogP contribution >= 0.6 is 11.8 Å². The minimum Gasteiger partial charge on any atom is -0.464 e. The van der Waals surface area contributed by atoms with E-state index in [2.05, 4.69) is 45.4 Å². The van der Waals surface area contributed by atoms with Crippen LogP contribution in [0.1, 0.15) is 32.0 Å². The Hall–Kier alpha value is -3.06. The van der Waals surface area contributed by atoms with Crippen molar-refractivity contribution in [2.45, 2.75) is 17.6 Å². The predicted molar refractivity (Wildman–Crippen MR) is 105 cm³/mol. The minimum atomic E-state index is -0.544. The third-order valence-electron chi connectivity index (χ3n) is 3.87. The zero-order valence-electron chi connectivity index (χ0n) is 15.0. The molecule has 0 radical (unpaired) electrons. The van der Waals surface area contributed by atoms with Crippen molar-refractivity contribution in [1.82, 2.24) is 10.2 Å². The van der Waals surface area contributed by atoms with E-state index in [-0.39, 0.29) is 17.4 Å². The van der Waals surface area contributed by atoms with Crippen molar-refractivity contribution in [3.63, 3.8) is 0 Å².